The standard InChI is InChI=1S/C19H22FNO4/c1-13(25-16-7-2-5-14(20)11-16)19(23)21-9-3-6-15(21)12-17(22)18-8-4-10-24-18/h2,4-5,7-8,10-11,13,15,17,22H,3,6,9,12H2,1H3. The number of rotatable bonds is 6. The fourth-order valence-corrected chi connectivity index (χ4v) is 3.25. The molecule has 1 saturated heterocycles. The van der Waals surface area contributed by atoms with Gasteiger partial charge in [-0.25, -0.2) is 4.39 Å². The first-order valence-electron chi connectivity index (χ1n) is 8.49. The summed E-state index contributed by atoms with van der Waals surface area (Å²) >= 11 is 0. The molecule has 3 rings (SSSR count). The molecular weight excluding hydrogens is 325 g/mol. The van der Waals surface area contributed by atoms with Crippen molar-refractivity contribution < 1.29 is 23.4 Å². The topological polar surface area (TPSA) is 62.9 Å². The predicted octanol–water partition coefficient (Wildman–Crippen LogP) is 3.30. The summed E-state index contributed by atoms with van der Waals surface area (Å²) in [6.07, 6.45) is 2.19. The number of carbonyl (C=O) groups is 1. The molecule has 0 radical (unpaired) electrons. The molecule has 0 spiro atoms. The lowest BCUT2D eigenvalue weighted by molar-refractivity contribution is -0.139. The maximum Gasteiger partial charge on any atom is 0.263 e. The first-order chi connectivity index (χ1) is 12.0. The molecular formula is C19H22FNO4. The summed E-state index contributed by atoms with van der Waals surface area (Å²) < 4.78 is 24.1. The van der Waals surface area contributed by atoms with Gasteiger partial charge in [0.15, 0.2) is 6.10 Å². The average Bonchev–Trinajstić information content (AvgIpc) is 3.25. The van der Waals surface area contributed by atoms with Gasteiger partial charge in [-0.3, -0.25) is 4.79 Å². The van der Waals surface area contributed by atoms with Crippen molar-refractivity contribution in [3.8, 4) is 5.75 Å². The molecule has 1 amide bonds. The van der Waals surface area contributed by atoms with Crippen LogP contribution in [0.15, 0.2) is 47.1 Å². The summed E-state index contributed by atoms with van der Waals surface area (Å²) in [6.45, 7) is 2.29. The molecule has 3 atom stereocenters. The van der Waals surface area contributed by atoms with Gasteiger partial charge in [-0.05, 0) is 44.0 Å². The maximum atomic E-state index is 13.2. The average molecular weight is 347 g/mol. The van der Waals surface area contributed by atoms with E-state index in [1.807, 2.05) is 0 Å². The highest BCUT2D eigenvalue weighted by molar-refractivity contribution is 5.81. The van der Waals surface area contributed by atoms with Gasteiger partial charge >= 0.3 is 0 Å². The molecule has 1 fully saturated rings. The zero-order chi connectivity index (χ0) is 17.8. The van der Waals surface area contributed by atoms with E-state index >= 15 is 0 Å². The summed E-state index contributed by atoms with van der Waals surface area (Å²) in [5.74, 6) is 0.270. The van der Waals surface area contributed by atoms with Gasteiger partial charge in [0, 0.05) is 25.1 Å². The maximum absolute atomic E-state index is 13.2. The number of hydrogen-bond acceptors (Lipinski definition) is 4. The minimum Gasteiger partial charge on any atom is -0.481 e. The van der Waals surface area contributed by atoms with Gasteiger partial charge in [0.25, 0.3) is 5.91 Å². The highest BCUT2D eigenvalue weighted by Crippen LogP contribution is 2.28. The number of ether oxygens (including phenoxy) is 1. The number of benzene rings is 1. The van der Waals surface area contributed by atoms with E-state index in [9.17, 15) is 14.3 Å². The van der Waals surface area contributed by atoms with Gasteiger partial charge in [0.2, 0.25) is 0 Å². The Labute approximate surface area is 146 Å². The number of nitrogens with zero attached hydrogens (tertiary/aromatic N) is 1. The molecule has 0 saturated carbocycles. The lowest BCUT2D eigenvalue weighted by Gasteiger charge is -2.28. The second-order valence-electron chi connectivity index (χ2n) is 6.31. The Hall–Kier alpha value is -2.34. The van der Waals surface area contributed by atoms with Gasteiger partial charge in [-0.15, -0.1) is 0 Å². The normalized spacial score (nSPS) is 19.6. The number of amides is 1. The van der Waals surface area contributed by atoms with Crippen LogP contribution in [-0.2, 0) is 4.79 Å². The van der Waals surface area contributed by atoms with Crippen LogP contribution >= 0.6 is 0 Å². The second-order valence-corrected chi connectivity index (χ2v) is 6.31. The summed E-state index contributed by atoms with van der Waals surface area (Å²) in [6, 6.07) is 9.13. The van der Waals surface area contributed by atoms with E-state index in [1.165, 1.54) is 18.4 Å². The third-order valence-corrected chi connectivity index (χ3v) is 4.48. The number of aliphatic hydroxyl groups excluding tert-OH is 1. The van der Waals surface area contributed by atoms with Gasteiger partial charge in [-0.2, -0.15) is 0 Å². The Bertz CT molecular complexity index is 703. The van der Waals surface area contributed by atoms with Crippen LogP contribution in [0.5, 0.6) is 5.75 Å². The Kier molecular flexibility index (Phi) is 5.38. The van der Waals surface area contributed by atoms with Crippen LogP contribution in [0.4, 0.5) is 4.39 Å². The first kappa shape index (κ1) is 17.5. The SMILES string of the molecule is CC(Oc1cccc(F)c1)C(=O)N1CCCC1CC(O)c1ccco1. The van der Waals surface area contributed by atoms with Crippen LogP contribution in [0.3, 0.4) is 0 Å². The molecule has 134 valence electrons. The molecule has 5 nitrogen and oxygen atoms in total. The van der Waals surface area contributed by atoms with Crippen molar-refractivity contribution in [2.75, 3.05) is 6.54 Å². The van der Waals surface area contributed by atoms with E-state index in [-0.39, 0.29) is 11.9 Å². The monoisotopic (exact) mass is 347 g/mol. The van der Waals surface area contributed by atoms with Crippen LogP contribution in [0.25, 0.3) is 0 Å². The van der Waals surface area contributed by atoms with E-state index in [1.54, 1.807) is 36.1 Å². The molecule has 3 unspecified atom stereocenters. The number of carbonyl (C=O) groups excluding carboxylic acids is 1. The van der Waals surface area contributed by atoms with E-state index in [0.29, 0.717) is 24.5 Å². The number of likely N-dealkylation sites (tertiary alicyclic amines) is 1. The van der Waals surface area contributed by atoms with Crippen LogP contribution in [0.1, 0.15) is 38.1 Å². The van der Waals surface area contributed by atoms with Crippen molar-refractivity contribution in [2.24, 2.45) is 0 Å². The Balaban J connectivity index is 1.61. The zero-order valence-corrected chi connectivity index (χ0v) is 14.1. The minimum atomic E-state index is -0.743. The minimum absolute atomic E-state index is 0.0637. The summed E-state index contributed by atoms with van der Waals surface area (Å²) in [7, 11) is 0. The molecule has 1 N–H and O–H groups in total. The van der Waals surface area contributed by atoms with Crippen LogP contribution in [0.2, 0.25) is 0 Å². The number of aliphatic hydroxyl groups is 1. The van der Waals surface area contributed by atoms with E-state index < -0.39 is 18.0 Å². The zero-order valence-electron chi connectivity index (χ0n) is 14.1. The number of furan rings is 1. The third-order valence-electron chi connectivity index (χ3n) is 4.48. The molecule has 1 aromatic heterocycles. The highest BCUT2D eigenvalue weighted by atomic mass is 19.1. The fourth-order valence-electron chi connectivity index (χ4n) is 3.25. The van der Waals surface area contributed by atoms with Crippen LogP contribution in [0, 0.1) is 5.82 Å². The van der Waals surface area contributed by atoms with Crippen molar-refractivity contribution >= 4 is 5.91 Å². The van der Waals surface area contributed by atoms with Crippen LogP contribution in [-0.4, -0.2) is 34.6 Å². The molecule has 1 aromatic carbocycles. The summed E-state index contributed by atoms with van der Waals surface area (Å²) in [5.41, 5.74) is 0. The van der Waals surface area contributed by atoms with Crippen molar-refractivity contribution in [1.82, 2.24) is 4.90 Å². The lowest BCUT2D eigenvalue weighted by Crippen LogP contribution is -2.43. The first-order valence-corrected chi connectivity index (χ1v) is 8.49. The smallest absolute Gasteiger partial charge is 0.263 e. The molecule has 2 heterocycles. The molecule has 2 aromatic rings. The van der Waals surface area contributed by atoms with E-state index in [2.05, 4.69) is 0 Å². The molecule has 0 bridgehead atoms. The fraction of sp³-hybridized carbons (Fsp3) is 0.421. The van der Waals surface area contributed by atoms with Gasteiger partial charge in [-0.1, -0.05) is 6.07 Å². The molecule has 0 aliphatic carbocycles. The quantitative estimate of drug-likeness (QED) is 0.871. The summed E-state index contributed by atoms with van der Waals surface area (Å²) in [5, 5.41) is 10.3. The van der Waals surface area contributed by atoms with Gasteiger partial charge in [0.05, 0.1) is 6.26 Å². The Morgan fingerprint density at radius 2 is 2.28 bits per heavy atom. The predicted molar refractivity (Wildman–Crippen MR) is 89.5 cm³/mol. The van der Waals surface area contributed by atoms with Crippen molar-refractivity contribution in [3.05, 3.63) is 54.2 Å². The lowest BCUT2D eigenvalue weighted by atomic mass is 10.0. The Morgan fingerprint density at radius 3 is 3.00 bits per heavy atom. The molecule has 6 heteroatoms. The Morgan fingerprint density at radius 1 is 1.44 bits per heavy atom. The van der Waals surface area contributed by atoms with Crippen molar-refractivity contribution in [3.63, 3.8) is 0 Å². The van der Waals surface area contributed by atoms with Crippen molar-refractivity contribution in [1.29, 1.82) is 0 Å². The number of halogens is 1. The van der Waals surface area contributed by atoms with Gasteiger partial charge < -0.3 is 19.2 Å². The third kappa shape index (κ3) is 4.20. The largest absolute Gasteiger partial charge is 0.481 e. The van der Waals surface area contributed by atoms with Crippen molar-refractivity contribution in [2.45, 2.75) is 44.4 Å². The number of hydrogen-bond donors (Lipinski definition) is 1. The van der Waals surface area contributed by atoms with Crippen LogP contribution < -0.4 is 4.74 Å². The summed E-state index contributed by atoms with van der Waals surface area (Å²) in [4.78, 5) is 14.5. The molecule has 1 aliphatic rings. The second kappa shape index (κ2) is 7.70. The van der Waals surface area contributed by atoms with E-state index in [0.717, 1.165) is 12.8 Å². The molecule has 1 aliphatic heterocycles. The van der Waals surface area contributed by atoms with E-state index in [4.69, 9.17) is 9.15 Å². The highest BCUT2D eigenvalue weighted by Gasteiger charge is 2.34. The van der Waals surface area contributed by atoms with Gasteiger partial charge in [0.1, 0.15) is 23.4 Å². The molecule has 25 heavy (non-hydrogen) atoms.